The van der Waals surface area contributed by atoms with E-state index in [1.807, 2.05) is 38.1 Å². The Bertz CT molecular complexity index is 760. The van der Waals surface area contributed by atoms with Gasteiger partial charge >= 0.3 is 0 Å². The molecular formula is C14H13N5O. The zero-order valence-electron chi connectivity index (χ0n) is 11.1. The van der Waals surface area contributed by atoms with Crippen LogP contribution >= 0.6 is 0 Å². The van der Waals surface area contributed by atoms with Gasteiger partial charge in [-0.2, -0.15) is 5.10 Å². The molecule has 0 unspecified atom stereocenters. The normalized spacial score (nSPS) is 10.7. The quantitative estimate of drug-likeness (QED) is 0.745. The fourth-order valence-corrected chi connectivity index (χ4v) is 1.87. The van der Waals surface area contributed by atoms with Crippen LogP contribution in [0.4, 0.5) is 5.95 Å². The zero-order chi connectivity index (χ0) is 14.1. The second-order valence-electron chi connectivity index (χ2n) is 4.53. The van der Waals surface area contributed by atoms with Gasteiger partial charge in [-0.15, -0.1) is 5.10 Å². The van der Waals surface area contributed by atoms with Crippen LogP contribution in [0.5, 0.6) is 0 Å². The molecule has 0 radical (unpaired) electrons. The lowest BCUT2D eigenvalue weighted by molar-refractivity contribution is 0.102. The summed E-state index contributed by atoms with van der Waals surface area (Å²) in [5.41, 5.74) is 2.87. The van der Waals surface area contributed by atoms with Gasteiger partial charge in [0.05, 0.1) is 11.4 Å². The molecule has 2 heterocycles. The molecule has 0 aliphatic carbocycles. The first-order valence-corrected chi connectivity index (χ1v) is 6.20. The summed E-state index contributed by atoms with van der Waals surface area (Å²) in [6.45, 7) is 3.64. The number of nitrogens with zero attached hydrogens (tertiary/aromatic N) is 3. The van der Waals surface area contributed by atoms with Gasteiger partial charge in [0.15, 0.2) is 0 Å². The largest absolute Gasteiger partial charge is 0.351 e. The van der Waals surface area contributed by atoms with Gasteiger partial charge in [-0.1, -0.05) is 18.2 Å². The number of benzene rings is 1. The van der Waals surface area contributed by atoms with E-state index in [4.69, 9.17) is 0 Å². The molecule has 2 aromatic heterocycles. The topological polar surface area (TPSA) is 83.6 Å². The minimum atomic E-state index is -0.286. The van der Waals surface area contributed by atoms with E-state index in [9.17, 15) is 4.79 Å². The Hall–Kier alpha value is -2.76. The molecule has 0 fully saturated rings. The molecule has 0 atom stereocenters. The molecule has 2 N–H and O–H groups in total. The number of amides is 1. The standard InChI is InChI=1S/C14H13N5O/c1-8-9(2)18-19-14(15-8)17-13(20)12-7-10-5-3-4-6-11(10)16-12/h3-7,16H,1-2H3,(H,15,17,19,20). The Balaban J connectivity index is 1.86. The molecule has 6 heteroatoms. The first kappa shape index (κ1) is 12.3. The average Bonchev–Trinajstić information content (AvgIpc) is 2.87. The lowest BCUT2D eigenvalue weighted by Crippen LogP contribution is -2.15. The number of carbonyl (C=O) groups is 1. The zero-order valence-corrected chi connectivity index (χ0v) is 11.1. The molecule has 3 aromatic rings. The Kier molecular flexibility index (Phi) is 2.90. The van der Waals surface area contributed by atoms with E-state index in [2.05, 4.69) is 25.5 Å². The minimum Gasteiger partial charge on any atom is -0.351 e. The number of H-pyrrole nitrogens is 1. The van der Waals surface area contributed by atoms with E-state index in [1.165, 1.54) is 0 Å². The van der Waals surface area contributed by atoms with Crippen molar-refractivity contribution in [3.8, 4) is 0 Å². The maximum atomic E-state index is 12.1. The van der Waals surface area contributed by atoms with Gasteiger partial charge in [0.2, 0.25) is 5.95 Å². The van der Waals surface area contributed by atoms with Gasteiger partial charge in [0.25, 0.3) is 5.91 Å². The number of hydrogen-bond acceptors (Lipinski definition) is 4. The summed E-state index contributed by atoms with van der Waals surface area (Å²) in [4.78, 5) is 19.4. The number of aromatic amines is 1. The van der Waals surface area contributed by atoms with Crippen molar-refractivity contribution in [3.63, 3.8) is 0 Å². The summed E-state index contributed by atoms with van der Waals surface area (Å²) in [6, 6.07) is 9.49. The number of aromatic nitrogens is 4. The molecule has 0 aliphatic rings. The lowest BCUT2D eigenvalue weighted by atomic mass is 10.2. The predicted molar refractivity (Wildman–Crippen MR) is 75.6 cm³/mol. The van der Waals surface area contributed by atoms with Crippen molar-refractivity contribution in [3.05, 3.63) is 47.4 Å². The van der Waals surface area contributed by atoms with Crippen molar-refractivity contribution < 1.29 is 4.79 Å². The number of carbonyl (C=O) groups excluding carboxylic acids is 1. The van der Waals surface area contributed by atoms with E-state index >= 15 is 0 Å². The summed E-state index contributed by atoms with van der Waals surface area (Å²) in [5.74, 6) is -0.0805. The van der Waals surface area contributed by atoms with Crippen LogP contribution in [0.3, 0.4) is 0 Å². The van der Waals surface area contributed by atoms with E-state index in [0.29, 0.717) is 5.69 Å². The number of hydrogen-bond donors (Lipinski definition) is 2. The SMILES string of the molecule is Cc1nnc(NC(=O)c2cc3ccccc3[nH]2)nc1C. The van der Waals surface area contributed by atoms with Crippen LogP contribution in [0.15, 0.2) is 30.3 Å². The second kappa shape index (κ2) is 4.73. The molecular weight excluding hydrogens is 254 g/mol. The van der Waals surface area contributed by atoms with Crippen molar-refractivity contribution in [2.45, 2.75) is 13.8 Å². The van der Waals surface area contributed by atoms with Crippen molar-refractivity contribution >= 4 is 22.8 Å². The van der Waals surface area contributed by atoms with E-state index in [1.54, 1.807) is 6.07 Å². The van der Waals surface area contributed by atoms with Gasteiger partial charge in [-0.3, -0.25) is 10.1 Å². The summed E-state index contributed by atoms with van der Waals surface area (Å²) >= 11 is 0. The van der Waals surface area contributed by atoms with E-state index in [-0.39, 0.29) is 11.9 Å². The van der Waals surface area contributed by atoms with Crippen LogP contribution in [0.25, 0.3) is 10.9 Å². The third kappa shape index (κ3) is 2.23. The highest BCUT2D eigenvalue weighted by molar-refractivity contribution is 6.05. The van der Waals surface area contributed by atoms with Crippen LogP contribution in [0, 0.1) is 13.8 Å². The Morgan fingerprint density at radius 2 is 1.95 bits per heavy atom. The predicted octanol–water partition coefficient (Wildman–Crippen LogP) is 2.22. The highest BCUT2D eigenvalue weighted by Gasteiger charge is 2.11. The smallest absolute Gasteiger partial charge is 0.274 e. The molecule has 20 heavy (non-hydrogen) atoms. The number of para-hydroxylation sites is 1. The molecule has 3 rings (SSSR count). The van der Waals surface area contributed by atoms with Gasteiger partial charge in [-0.05, 0) is 26.0 Å². The van der Waals surface area contributed by atoms with Gasteiger partial charge < -0.3 is 4.98 Å². The summed E-state index contributed by atoms with van der Waals surface area (Å²) in [7, 11) is 0. The maximum absolute atomic E-state index is 12.1. The van der Waals surface area contributed by atoms with Gasteiger partial charge in [0.1, 0.15) is 5.69 Å². The summed E-state index contributed by atoms with van der Waals surface area (Å²) in [5, 5.41) is 11.4. The number of nitrogens with one attached hydrogen (secondary N) is 2. The van der Waals surface area contributed by atoms with Crippen LogP contribution in [0.2, 0.25) is 0 Å². The minimum absolute atomic E-state index is 0.205. The first-order valence-electron chi connectivity index (χ1n) is 6.20. The number of fused-ring (bicyclic) bond motifs is 1. The molecule has 0 bridgehead atoms. The van der Waals surface area contributed by atoms with Crippen molar-refractivity contribution in [1.82, 2.24) is 20.2 Å². The van der Waals surface area contributed by atoms with Gasteiger partial charge in [-0.25, -0.2) is 4.98 Å². The van der Waals surface area contributed by atoms with E-state index in [0.717, 1.165) is 22.3 Å². The first-order chi connectivity index (χ1) is 9.63. The Labute approximate surface area is 115 Å². The average molecular weight is 267 g/mol. The monoisotopic (exact) mass is 267 g/mol. The lowest BCUT2D eigenvalue weighted by Gasteiger charge is -2.03. The van der Waals surface area contributed by atoms with Crippen molar-refractivity contribution in [1.29, 1.82) is 0 Å². The molecule has 6 nitrogen and oxygen atoms in total. The fourth-order valence-electron chi connectivity index (χ4n) is 1.87. The molecule has 0 saturated carbocycles. The fraction of sp³-hybridized carbons (Fsp3) is 0.143. The highest BCUT2D eigenvalue weighted by Crippen LogP contribution is 2.15. The van der Waals surface area contributed by atoms with Crippen LogP contribution in [-0.2, 0) is 0 Å². The van der Waals surface area contributed by atoms with Gasteiger partial charge in [0, 0.05) is 10.9 Å². The summed E-state index contributed by atoms with van der Waals surface area (Å²) in [6.07, 6.45) is 0. The van der Waals surface area contributed by atoms with Crippen LogP contribution in [-0.4, -0.2) is 26.1 Å². The molecule has 0 aliphatic heterocycles. The number of aryl methyl sites for hydroxylation is 2. The van der Waals surface area contributed by atoms with E-state index < -0.39 is 0 Å². The molecule has 100 valence electrons. The van der Waals surface area contributed by atoms with Crippen molar-refractivity contribution in [2.75, 3.05) is 5.32 Å². The maximum Gasteiger partial charge on any atom is 0.274 e. The van der Waals surface area contributed by atoms with Crippen LogP contribution < -0.4 is 5.32 Å². The number of rotatable bonds is 2. The van der Waals surface area contributed by atoms with Crippen molar-refractivity contribution in [2.24, 2.45) is 0 Å². The Morgan fingerprint density at radius 3 is 2.70 bits per heavy atom. The van der Waals surface area contributed by atoms with Crippen LogP contribution in [0.1, 0.15) is 21.9 Å². The number of anilines is 1. The molecule has 1 amide bonds. The second-order valence-corrected chi connectivity index (χ2v) is 4.53. The molecule has 0 saturated heterocycles. The third-order valence-electron chi connectivity index (χ3n) is 3.09. The summed E-state index contributed by atoms with van der Waals surface area (Å²) < 4.78 is 0. The third-order valence-corrected chi connectivity index (χ3v) is 3.09. The molecule has 1 aromatic carbocycles. The highest BCUT2D eigenvalue weighted by atomic mass is 16.2. The Morgan fingerprint density at radius 1 is 1.15 bits per heavy atom. The molecule has 0 spiro atoms.